The number of aromatic nitrogens is 2. The Labute approximate surface area is 254 Å². The Morgan fingerprint density at radius 1 is 0.884 bits per heavy atom. The highest BCUT2D eigenvalue weighted by atomic mass is 16.5. The maximum Gasteiger partial charge on any atom is 0.326 e. The van der Waals surface area contributed by atoms with Crippen LogP contribution >= 0.6 is 0 Å². The van der Waals surface area contributed by atoms with Crippen molar-refractivity contribution in [3.05, 3.63) is 70.5 Å². The molecule has 0 bridgehead atoms. The zero-order valence-electron chi connectivity index (χ0n) is 25.3. The number of para-hydroxylation sites is 2. The summed E-state index contributed by atoms with van der Waals surface area (Å²) in [7, 11) is 0. The first kappa shape index (κ1) is 28.5. The van der Waals surface area contributed by atoms with Gasteiger partial charge < -0.3 is 19.5 Å². The predicted molar refractivity (Wildman–Crippen MR) is 169 cm³/mol. The van der Waals surface area contributed by atoms with Gasteiger partial charge in [0.1, 0.15) is 12.1 Å². The predicted octanol–water partition coefficient (Wildman–Crippen LogP) is 4.92. The van der Waals surface area contributed by atoms with Crippen LogP contribution in [0.3, 0.4) is 0 Å². The Morgan fingerprint density at radius 3 is 2.26 bits per heavy atom. The number of nitrogens with one attached hydrogen (secondary N) is 1. The number of anilines is 1. The number of hydrogen-bond donors (Lipinski definition) is 1. The number of ether oxygens (including phenoxy) is 1. The molecule has 8 heteroatoms. The van der Waals surface area contributed by atoms with Crippen LogP contribution in [0.1, 0.15) is 69.4 Å². The average Bonchev–Trinajstić information content (AvgIpc) is 3.64. The first-order valence-electron chi connectivity index (χ1n) is 16.6. The molecule has 2 unspecified atom stereocenters. The molecule has 43 heavy (non-hydrogen) atoms. The topological polar surface area (TPSA) is 79.7 Å². The van der Waals surface area contributed by atoms with Gasteiger partial charge in [-0.2, -0.15) is 0 Å². The summed E-state index contributed by atoms with van der Waals surface area (Å²) < 4.78 is 8.10. The summed E-state index contributed by atoms with van der Waals surface area (Å²) in [6.07, 6.45) is 9.02. The molecule has 0 radical (unpaired) electrons. The average molecular weight is 584 g/mol. The Bertz CT molecular complexity index is 1460. The van der Waals surface area contributed by atoms with E-state index in [9.17, 15) is 9.59 Å². The lowest BCUT2D eigenvalue weighted by molar-refractivity contribution is -0.163. The Hall–Kier alpha value is -3.23. The monoisotopic (exact) mass is 583 g/mol. The second-order valence-corrected chi connectivity index (χ2v) is 13.3. The molecule has 228 valence electrons. The summed E-state index contributed by atoms with van der Waals surface area (Å²) in [6.45, 7) is 5.71. The van der Waals surface area contributed by atoms with Crippen molar-refractivity contribution in [2.45, 2.75) is 76.0 Å². The van der Waals surface area contributed by atoms with Crippen molar-refractivity contribution in [3.63, 3.8) is 0 Å². The molecule has 1 aliphatic carbocycles. The lowest BCUT2D eigenvalue weighted by atomic mass is 9.81. The van der Waals surface area contributed by atoms with E-state index in [1.54, 1.807) is 0 Å². The van der Waals surface area contributed by atoms with Gasteiger partial charge in [-0.1, -0.05) is 74.6 Å². The van der Waals surface area contributed by atoms with Crippen LogP contribution in [-0.2, 0) is 16.1 Å². The third-order valence-electron chi connectivity index (χ3n) is 10.7. The van der Waals surface area contributed by atoms with E-state index in [-0.39, 0.29) is 17.6 Å². The van der Waals surface area contributed by atoms with E-state index in [1.165, 1.54) is 19.3 Å². The van der Waals surface area contributed by atoms with Crippen LogP contribution in [0.5, 0.6) is 0 Å². The van der Waals surface area contributed by atoms with E-state index >= 15 is 0 Å². The molecule has 3 aromatic rings. The summed E-state index contributed by atoms with van der Waals surface area (Å²) >= 11 is 0. The van der Waals surface area contributed by atoms with Crippen molar-refractivity contribution in [2.75, 3.05) is 44.2 Å². The van der Waals surface area contributed by atoms with E-state index in [2.05, 4.69) is 15.1 Å². The van der Waals surface area contributed by atoms with Crippen LogP contribution in [0.15, 0.2) is 59.4 Å². The van der Waals surface area contributed by atoms with Crippen molar-refractivity contribution < 1.29 is 9.53 Å². The molecule has 0 spiro atoms. The van der Waals surface area contributed by atoms with E-state index in [0.717, 1.165) is 94.4 Å². The maximum absolute atomic E-state index is 14.2. The highest BCUT2D eigenvalue weighted by Gasteiger charge is 2.46. The molecule has 7 rings (SSSR count). The zero-order chi connectivity index (χ0) is 29.2. The van der Waals surface area contributed by atoms with Gasteiger partial charge in [0.15, 0.2) is 5.82 Å². The molecule has 4 fully saturated rings. The SMILES string of the molecule is O=C(OCc1ccccc1)C1(N2CCC(n3c(=O)c(N4CC5CNCC5C4)nc4ccccc43)CC2)CCCCCCC1. The quantitative estimate of drug-likeness (QED) is 0.413. The molecule has 8 nitrogen and oxygen atoms in total. The molecule has 3 aliphatic heterocycles. The molecule has 4 aliphatic rings. The molecule has 2 atom stereocenters. The number of piperidine rings is 1. The number of carbonyl (C=O) groups excluding carboxylic acids is 1. The van der Waals surface area contributed by atoms with E-state index in [0.29, 0.717) is 24.3 Å². The fraction of sp³-hybridized carbons (Fsp3) is 0.571. The second kappa shape index (κ2) is 12.4. The summed E-state index contributed by atoms with van der Waals surface area (Å²) in [5.74, 6) is 1.72. The smallest absolute Gasteiger partial charge is 0.326 e. The van der Waals surface area contributed by atoms with E-state index in [1.807, 2.05) is 59.2 Å². The molecular weight excluding hydrogens is 538 g/mol. The number of likely N-dealkylation sites (tertiary alicyclic amines) is 1. The lowest BCUT2D eigenvalue weighted by Gasteiger charge is -2.46. The van der Waals surface area contributed by atoms with E-state index in [4.69, 9.17) is 9.72 Å². The minimum absolute atomic E-state index is 0.0352. The standard InChI is InChI=1S/C35H45N5O3/c41-33-32(38-23-27-21-36-22-28(27)24-38)37-30-13-7-8-14-31(30)40(33)29-15-19-39(20-16-29)35(17-9-2-1-3-10-18-35)34(42)43-25-26-11-5-4-6-12-26/h4-8,11-14,27-29,36H,1-3,9-10,15-25H2. The van der Waals surface area contributed by atoms with Gasteiger partial charge in [-0.15, -0.1) is 0 Å². The number of fused-ring (bicyclic) bond motifs is 2. The van der Waals surface area contributed by atoms with Gasteiger partial charge in [0, 0.05) is 45.3 Å². The van der Waals surface area contributed by atoms with Gasteiger partial charge in [-0.3, -0.25) is 14.5 Å². The van der Waals surface area contributed by atoms with Gasteiger partial charge in [-0.25, -0.2) is 4.98 Å². The third-order valence-corrected chi connectivity index (χ3v) is 10.7. The number of carbonyl (C=O) groups is 1. The van der Waals surface area contributed by atoms with Crippen molar-refractivity contribution in [3.8, 4) is 0 Å². The highest BCUT2D eigenvalue weighted by molar-refractivity contribution is 5.81. The van der Waals surface area contributed by atoms with Crippen LogP contribution in [-0.4, -0.2) is 65.2 Å². The molecular formula is C35H45N5O3. The maximum atomic E-state index is 14.2. The van der Waals surface area contributed by atoms with Crippen molar-refractivity contribution >= 4 is 22.8 Å². The van der Waals surface area contributed by atoms with E-state index < -0.39 is 5.54 Å². The van der Waals surface area contributed by atoms with Gasteiger partial charge in [0.25, 0.3) is 5.56 Å². The summed E-state index contributed by atoms with van der Waals surface area (Å²) in [5, 5.41) is 3.50. The summed E-state index contributed by atoms with van der Waals surface area (Å²) in [5.41, 5.74) is 2.27. The molecule has 0 amide bonds. The lowest BCUT2D eigenvalue weighted by Crippen LogP contribution is -2.58. The Kier molecular flexibility index (Phi) is 8.23. The molecule has 1 saturated carbocycles. The normalized spacial score (nSPS) is 24.9. The third kappa shape index (κ3) is 5.60. The zero-order valence-corrected chi connectivity index (χ0v) is 25.3. The van der Waals surface area contributed by atoms with Gasteiger partial charge >= 0.3 is 5.97 Å². The second-order valence-electron chi connectivity index (χ2n) is 13.3. The minimum atomic E-state index is -0.585. The first-order chi connectivity index (χ1) is 21.1. The minimum Gasteiger partial charge on any atom is -0.459 e. The number of esters is 1. The van der Waals surface area contributed by atoms with Crippen molar-refractivity contribution in [2.24, 2.45) is 11.8 Å². The van der Waals surface area contributed by atoms with Gasteiger partial charge in [0.2, 0.25) is 0 Å². The van der Waals surface area contributed by atoms with Crippen LogP contribution in [0.2, 0.25) is 0 Å². The fourth-order valence-corrected chi connectivity index (χ4v) is 8.29. The van der Waals surface area contributed by atoms with Gasteiger partial charge in [-0.05, 0) is 55.2 Å². The molecule has 1 aromatic heterocycles. The van der Waals surface area contributed by atoms with Crippen LogP contribution in [0.25, 0.3) is 11.0 Å². The van der Waals surface area contributed by atoms with Crippen molar-refractivity contribution in [1.82, 2.24) is 19.8 Å². The molecule has 3 saturated heterocycles. The Morgan fingerprint density at radius 2 is 1.53 bits per heavy atom. The number of nitrogens with zero attached hydrogens (tertiary/aromatic N) is 4. The summed E-state index contributed by atoms with van der Waals surface area (Å²) in [4.78, 5) is 37.8. The first-order valence-corrected chi connectivity index (χ1v) is 16.6. The fourth-order valence-electron chi connectivity index (χ4n) is 8.29. The molecule has 1 N–H and O–H groups in total. The Balaban J connectivity index is 1.14. The number of rotatable bonds is 6. The van der Waals surface area contributed by atoms with Crippen LogP contribution in [0, 0.1) is 11.8 Å². The number of benzene rings is 2. The largest absolute Gasteiger partial charge is 0.459 e. The van der Waals surface area contributed by atoms with Crippen LogP contribution in [0.4, 0.5) is 5.82 Å². The van der Waals surface area contributed by atoms with Gasteiger partial charge in [0.05, 0.1) is 11.0 Å². The molecule has 4 heterocycles. The summed E-state index contributed by atoms with van der Waals surface area (Å²) in [6, 6.07) is 18.2. The number of hydrogen-bond acceptors (Lipinski definition) is 7. The van der Waals surface area contributed by atoms with Crippen molar-refractivity contribution in [1.29, 1.82) is 0 Å². The highest BCUT2D eigenvalue weighted by Crippen LogP contribution is 2.38. The van der Waals surface area contributed by atoms with Crippen LogP contribution < -0.4 is 15.8 Å². The molecule has 2 aromatic carbocycles.